The maximum atomic E-state index is 5.63. The first kappa shape index (κ1) is 7.13. The zero-order valence-electron chi connectivity index (χ0n) is 4.40. The topological polar surface area (TPSA) is 0 Å². The molecule has 0 N–H and O–H groups in total. The van der Waals surface area contributed by atoms with E-state index in [0.29, 0.717) is 14.9 Å². The Balaban J connectivity index is 3.17. The van der Waals surface area contributed by atoms with Crippen LogP contribution >= 0.6 is 35.8 Å². The van der Waals surface area contributed by atoms with Crippen LogP contribution in [0.25, 0.3) is 0 Å². The summed E-state index contributed by atoms with van der Waals surface area (Å²) in [5, 5.41) is 1.16. The minimum Gasteiger partial charge on any atom is -0.0843 e. The van der Waals surface area contributed by atoms with Gasteiger partial charge in [0, 0.05) is 5.02 Å². The third-order valence-corrected chi connectivity index (χ3v) is 1.91. The predicted octanol–water partition coefficient (Wildman–Crippen LogP) is 3.55. The molecule has 1 rings (SSSR count). The maximum absolute atomic E-state index is 5.63. The van der Waals surface area contributed by atoms with E-state index in [2.05, 4.69) is 0 Å². The molecule has 1 aromatic rings. The zero-order valence-corrected chi connectivity index (χ0v) is 6.72. The molecule has 3 heteroatoms. The average molecular weight is 178 g/mol. The highest BCUT2D eigenvalue weighted by molar-refractivity contribution is 7.80. The van der Waals surface area contributed by atoms with Gasteiger partial charge in [-0.2, -0.15) is 0 Å². The van der Waals surface area contributed by atoms with E-state index < -0.39 is 0 Å². The molecule has 0 unspecified atom stereocenters. The van der Waals surface area contributed by atoms with E-state index >= 15 is 0 Å². The summed E-state index contributed by atoms with van der Waals surface area (Å²) in [6.07, 6.45) is 0. The highest BCUT2D eigenvalue weighted by Crippen LogP contribution is 2.22. The molecule has 0 saturated carbocycles. The molecule has 0 atom stereocenters. The predicted molar refractivity (Wildman–Crippen MR) is 42.3 cm³/mol. The van der Waals surface area contributed by atoms with Crippen LogP contribution in [0.4, 0.5) is 0 Å². The summed E-state index contributed by atoms with van der Waals surface area (Å²) >= 11 is 16.0. The number of halogens is 2. The van der Waals surface area contributed by atoms with Crippen molar-refractivity contribution in [2.75, 3.05) is 0 Å². The third-order valence-electron chi connectivity index (χ3n) is 0.894. The van der Waals surface area contributed by atoms with Crippen LogP contribution in [0.15, 0.2) is 23.1 Å². The molecule has 9 heavy (non-hydrogen) atoms. The fourth-order valence-corrected chi connectivity index (χ4v) is 1.01. The molecular weight excluding hydrogens is 175 g/mol. The van der Waals surface area contributed by atoms with Crippen molar-refractivity contribution >= 4 is 35.8 Å². The lowest BCUT2D eigenvalue weighted by Crippen LogP contribution is -1.67. The van der Waals surface area contributed by atoms with Crippen molar-refractivity contribution in [3.05, 3.63) is 28.2 Å². The monoisotopic (exact) mass is 177 g/mol. The quantitative estimate of drug-likeness (QED) is 0.569. The standard InChI is InChI=1S/C6H3Cl2S/c7-4-1-2-6(9)5(8)3-4/h1-3H. The molecule has 0 aromatic heterocycles. The normalized spacial score (nSPS) is 9.56. The van der Waals surface area contributed by atoms with Crippen molar-refractivity contribution in [2.24, 2.45) is 0 Å². The van der Waals surface area contributed by atoms with Crippen molar-refractivity contribution in [3.63, 3.8) is 0 Å². The largest absolute Gasteiger partial charge is 0.0843 e. The van der Waals surface area contributed by atoms with Crippen molar-refractivity contribution in [1.29, 1.82) is 0 Å². The Kier molecular flexibility index (Phi) is 2.17. The molecule has 0 nitrogen and oxygen atoms in total. The molecule has 0 aliphatic carbocycles. The molecule has 0 aliphatic rings. The van der Waals surface area contributed by atoms with E-state index in [9.17, 15) is 0 Å². The first-order chi connectivity index (χ1) is 4.20. The highest BCUT2D eigenvalue weighted by Gasteiger charge is 1.94. The molecule has 0 aliphatic heterocycles. The van der Waals surface area contributed by atoms with E-state index in [-0.39, 0.29) is 0 Å². The van der Waals surface area contributed by atoms with Crippen molar-refractivity contribution in [3.8, 4) is 0 Å². The van der Waals surface area contributed by atoms with Crippen LogP contribution in [0, 0.1) is 0 Å². The summed E-state index contributed by atoms with van der Waals surface area (Å²) in [7, 11) is 0. The van der Waals surface area contributed by atoms with Gasteiger partial charge in [0.2, 0.25) is 0 Å². The lowest BCUT2D eigenvalue weighted by atomic mass is 10.4. The van der Waals surface area contributed by atoms with Gasteiger partial charge in [0.25, 0.3) is 0 Å². The molecular formula is C6H3Cl2S. The molecule has 47 valence electrons. The van der Waals surface area contributed by atoms with Crippen LogP contribution in [0.5, 0.6) is 0 Å². The van der Waals surface area contributed by atoms with Gasteiger partial charge in [0.1, 0.15) is 0 Å². The number of rotatable bonds is 0. The fraction of sp³-hybridized carbons (Fsp3) is 0. The Morgan fingerprint density at radius 2 is 1.89 bits per heavy atom. The van der Waals surface area contributed by atoms with Crippen molar-refractivity contribution < 1.29 is 0 Å². The molecule has 1 aromatic carbocycles. The van der Waals surface area contributed by atoms with Gasteiger partial charge in [-0.1, -0.05) is 35.8 Å². The Morgan fingerprint density at radius 3 is 2.33 bits per heavy atom. The molecule has 1 radical (unpaired) electrons. The Bertz CT molecular complexity index is 222. The third kappa shape index (κ3) is 1.71. The van der Waals surface area contributed by atoms with Gasteiger partial charge in [-0.3, -0.25) is 0 Å². The van der Waals surface area contributed by atoms with Crippen molar-refractivity contribution in [1.82, 2.24) is 0 Å². The summed E-state index contributed by atoms with van der Waals surface area (Å²) < 4.78 is 0. The van der Waals surface area contributed by atoms with Gasteiger partial charge >= 0.3 is 0 Å². The van der Waals surface area contributed by atoms with Crippen molar-refractivity contribution in [2.45, 2.75) is 4.90 Å². The Labute approximate surface area is 69.2 Å². The Hall–Kier alpha value is 0.0200. The number of benzene rings is 1. The smallest absolute Gasteiger partial charge is 0.0601 e. The number of hydrogen-bond donors (Lipinski definition) is 0. The van der Waals surface area contributed by atoms with Gasteiger partial charge in [-0.05, 0) is 18.2 Å². The van der Waals surface area contributed by atoms with Crippen LogP contribution in [-0.2, 0) is 0 Å². The van der Waals surface area contributed by atoms with E-state index in [1.165, 1.54) is 0 Å². The number of hydrogen-bond acceptors (Lipinski definition) is 0. The molecule has 0 heterocycles. The van der Waals surface area contributed by atoms with Gasteiger partial charge in [0.05, 0.1) is 9.92 Å². The summed E-state index contributed by atoms with van der Waals surface area (Å²) in [5.41, 5.74) is 0. The first-order valence-corrected chi connectivity index (χ1v) is 3.48. The van der Waals surface area contributed by atoms with Gasteiger partial charge in [-0.15, -0.1) is 0 Å². The second kappa shape index (κ2) is 2.74. The minimum absolute atomic E-state index is 0.539. The van der Waals surface area contributed by atoms with Crippen LogP contribution in [0.3, 0.4) is 0 Å². The van der Waals surface area contributed by atoms with Gasteiger partial charge in [0.15, 0.2) is 0 Å². The van der Waals surface area contributed by atoms with Crippen LogP contribution in [0.1, 0.15) is 0 Å². The molecule has 0 spiro atoms. The summed E-state index contributed by atoms with van der Waals surface area (Å²) in [6.45, 7) is 0. The minimum atomic E-state index is 0.539. The molecule has 0 amide bonds. The second-order valence-corrected chi connectivity index (χ2v) is 2.86. The molecule has 0 saturated heterocycles. The molecule has 0 bridgehead atoms. The maximum Gasteiger partial charge on any atom is 0.0601 e. The lowest BCUT2D eigenvalue weighted by Gasteiger charge is -1.92. The SMILES string of the molecule is [S]c1ccc(Cl)cc1Cl. The van der Waals surface area contributed by atoms with E-state index in [0.717, 1.165) is 0 Å². The van der Waals surface area contributed by atoms with Crippen LogP contribution < -0.4 is 0 Å². The van der Waals surface area contributed by atoms with Crippen LogP contribution in [0.2, 0.25) is 10.0 Å². The van der Waals surface area contributed by atoms with E-state index in [1.54, 1.807) is 18.2 Å². The van der Waals surface area contributed by atoms with Crippen LogP contribution in [-0.4, -0.2) is 0 Å². The van der Waals surface area contributed by atoms with E-state index in [1.807, 2.05) is 0 Å². The fourth-order valence-electron chi connectivity index (χ4n) is 0.475. The summed E-state index contributed by atoms with van der Waals surface area (Å²) in [5.74, 6) is 0. The van der Waals surface area contributed by atoms with Gasteiger partial charge < -0.3 is 0 Å². The van der Waals surface area contributed by atoms with Gasteiger partial charge in [-0.25, -0.2) is 0 Å². The summed E-state index contributed by atoms with van der Waals surface area (Å²) in [6, 6.07) is 5.06. The zero-order chi connectivity index (χ0) is 6.85. The lowest BCUT2D eigenvalue weighted by molar-refractivity contribution is 1.48. The summed E-state index contributed by atoms with van der Waals surface area (Å²) in [4.78, 5) is 0.640. The highest BCUT2D eigenvalue weighted by atomic mass is 35.5. The Morgan fingerprint density at radius 1 is 1.22 bits per heavy atom. The molecule has 0 fully saturated rings. The second-order valence-electron chi connectivity index (χ2n) is 1.57. The first-order valence-electron chi connectivity index (χ1n) is 2.32. The van der Waals surface area contributed by atoms with E-state index in [4.69, 9.17) is 35.8 Å². The average Bonchev–Trinajstić information content (AvgIpc) is 1.80.